The molecule has 0 saturated carbocycles. The van der Waals surface area contributed by atoms with Crippen LogP contribution in [0.2, 0.25) is 0 Å². The van der Waals surface area contributed by atoms with Crippen molar-refractivity contribution >= 4 is 5.91 Å². The maximum absolute atomic E-state index is 10.8. The molecule has 0 spiro atoms. The lowest BCUT2D eigenvalue weighted by molar-refractivity contribution is -0.119. The van der Waals surface area contributed by atoms with Crippen LogP contribution in [0.5, 0.6) is 0 Å². The van der Waals surface area contributed by atoms with Gasteiger partial charge in [-0.1, -0.05) is 6.42 Å². The summed E-state index contributed by atoms with van der Waals surface area (Å²) in [6.07, 6.45) is 3.62. The lowest BCUT2D eigenvalue weighted by Gasteiger charge is -2.20. The Morgan fingerprint density at radius 3 is 2.92 bits per heavy atom. The number of carbonyl (C=O) groups is 1. The molecule has 0 aromatic carbocycles. The summed E-state index contributed by atoms with van der Waals surface area (Å²) in [5.41, 5.74) is 0. The third-order valence-corrected chi connectivity index (χ3v) is 2.28. The Morgan fingerprint density at radius 2 is 2.25 bits per heavy atom. The van der Waals surface area contributed by atoms with Gasteiger partial charge in [0.15, 0.2) is 0 Å². The Bertz CT molecular complexity index is 159. The van der Waals surface area contributed by atoms with E-state index in [1.165, 1.54) is 12.8 Å². The molecule has 1 fully saturated rings. The fourth-order valence-electron chi connectivity index (χ4n) is 1.74. The van der Waals surface area contributed by atoms with Crippen molar-refractivity contribution in [3.63, 3.8) is 0 Å². The molecule has 1 saturated heterocycles. The van der Waals surface area contributed by atoms with Gasteiger partial charge in [0.25, 0.3) is 0 Å². The van der Waals surface area contributed by atoms with E-state index in [4.69, 9.17) is 0 Å². The summed E-state index contributed by atoms with van der Waals surface area (Å²) in [7, 11) is 2.11. The molecule has 12 heavy (non-hydrogen) atoms. The smallest absolute Gasteiger partial charge is 0.217 e. The van der Waals surface area contributed by atoms with Crippen LogP contribution in [0.4, 0.5) is 0 Å². The molecule has 3 heteroatoms. The van der Waals surface area contributed by atoms with E-state index in [1.54, 1.807) is 6.92 Å². The summed E-state index contributed by atoms with van der Waals surface area (Å²) in [5.74, 6) is 0.0929. The Balaban J connectivity index is 2.35. The second-order valence-electron chi connectivity index (χ2n) is 3.66. The number of hydrogen-bond donors (Lipinski definition) is 1. The highest BCUT2D eigenvalue weighted by Gasteiger charge is 2.15. The van der Waals surface area contributed by atoms with Crippen LogP contribution in [0.1, 0.15) is 26.2 Å². The predicted molar refractivity (Wildman–Crippen MR) is 49.0 cm³/mol. The zero-order chi connectivity index (χ0) is 8.97. The molecule has 1 unspecified atom stereocenters. The van der Waals surface area contributed by atoms with Crippen LogP contribution in [0.15, 0.2) is 0 Å². The normalized spacial score (nSPS) is 26.3. The number of carbonyl (C=O) groups excluding carboxylic acids is 1. The van der Waals surface area contributed by atoms with Gasteiger partial charge >= 0.3 is 0 Å². The molecule has 1 aliphatic rings. The molecule has 70 valence electrons. The van der Waals surface area contributed by atoms with Gasteiger partial charge < -0.3 is 10.2 Å². The highest BCUT2D eigenvalue weighted by molar-refractivity contribution is 5.73. The average molecular weight is 170 g/mol. The van der Waals surface area contributed by atoms with Gasteiger partial charge in [-0.2, -0.15) is 0 Å². The largest absolute Gasteiger partial charge is 0.352 e. The molecule has 1 rings (SSSR count). The molecule has 0 aromatic rings. The minimum absolute atomic E-state index is 0.0929. The van der Waals surface area contributed by atoms with Gasteiger partial charge in [-0.15, -0.1) is 0 Å². The van der Waals surface area contributed by atoms with Crippen molar-refractivity contribution in [1.29, 1.82) is 0 Å². The Kier molecular flexibility index (Phi) is 3.53. The molecule has 0 aliphatic carbocycles. The third-order valence-electron chi connectivity index (χ3n) is 2.28. The molecule has 0 radical (unpaired) electrons. The molecule has 1 aliphatic heterocycles. The first kappa shape index (κ1) is 9.52. The Hall–Kier alpha value is -0.570. The lowest BCUT2D eigenvalue weighted by Crippen LogP contribution is -2.40. The third kappa shape index (κ3) is 3.22. The van der Waals surface area contributed by atoms with E-state index in [1.807, 2.05) is 0 Å². The van der Waals surface area contributed by atoms with Crippen LogP contribution in [0.3, 0.4) is 0 Å². The standard InChI is InChI=1S/C9H18N2O/c1-8(12)10-9-5-3-4-6-11(2)7-9/h9H,3-7H2,1-2H3,(H,10,12). The van der Waals surface area contributed by atoms with Crippen molar-refractivity contribution in [2.45, 2.75) is 32.2 Å². The van der Waals surface area contributed by atoms with Crippen molar-refractivity contribution in [2.75, 3.05) is 20.1 Å². The van der Waals surface area contributed by atoms with Crippen LogP contribution < -0.4 is 5.32 Å². The predicted octanol–water partition coefficient (Wildman–Crippen LogP) is 0.607. The van der Waals surface area contributed by atoms with E-state index < -0.39 is 0 Å². The zero-order valence-electron chi connectivity index (χ0n) is 7.97. The molecule has 1 amide bonds. The van der Waals surface area contributed by atoms with Crippen LogP contribution in [0.25, 0.3) is 0 Å². The van der Waals surface area contributed by atoms with Gasteiger partial charge in [0, 0.05) is 19.5 Å². The first-order chi connectivity index (χ1) is 5.68. The number of nitrogens with zero attached hydrogens (tertiary/aromatic N) is 1. The summed E-state index contributed by atoms with van der Waals surface area (Å²) >= 11 is 0. The summed E-state index contributed by atoms with van der Waals surface area (Å²) in [4.78, 5) is 13.1. The van der Waals surface area contributed by atoms with Gasteiger partial charge in [-0.25, -0.2) is 0 Å². The minimum Gasteiger partial charge on any atom is -0.352 e. The van der Waals surface area contributed by atoms with Crippen molar-refractivity contribution in [3.05, 3.63) is 0 Å². The van der Waals surface area contributed by atoms with Gasteiger partial charge in [-0.05, 0) is 26.4 Å². The number of likely N-dealkylation sites (tertiary alicyclic amines) is 1. The number of rotatable bonds is 1. The van der Waals surface area contributed by atoms with Gasteiger partial charge in [0.1, 0.15) is 0 Å². The SMILES string of the molecule is CC(=O)NC1CCCCN(C)C1. The molecule has 1 heterocycles. The first-order valence-electron chi connectivity index (χ1n) is 4.64. The molecular weight excluding hydrogens is 152 g/mol. The molecule has 0 bridgehead atoms. The maximum Gasteiger partial charge on any atom is 0.217 e. The molecule has 1 atom stereocenters. The fraction of sp³-hybridized carbons (Fsp3) is 0.889. The van der Waals surface area contributed by atoms with E-state index in [0.717, 1.165) is 19.5 Å². The second kappa shape index (κ2) is 4.45. The first-order valence-corrected chi connectivity index (χ1v) is 4.64. The fourth-order valence-corrected chi connectivity index (χ4v) is 1.74. The topological polar surface area (TPSA) is 32.3 Å². The van der Waals surface area contributed by atoms with Crippen LogP contribution in [-0.4, -0.2) is 37.0 Å². The highest BCUT2D eigenvalue weighted by atomic mass is 16.1. The van der Waals surface area contributed by atoms with Crippen molar-refractivity contribution < 1.29 is 4.79 Å². The average Bonchev–Trinajstić information content (AvgIpc) is 2.12. The van der Waals surface area contributed by atoms with E-state index in [2.05, 4.69) is 17.3 Å². The monoisotopic (exact) mass is 170 g/mol. The van der Waals surface area contributed by atoms with Gasteiger partial charge in [0.05, 0.1) is 0 Å². The van der Waals surface area contributed by atoms with Crippen molar-refractivity contribution in [1.82, 2.24) is 10.2 Å². The van der Waals surface area contributed by atoms with Crippen molar-refractivity contribution in [3.8, 4) is 0 Å². The van der Waals surface area contributed by atoms with E-state index in [0.29, 0.717) is 6.04 Å². The second-order valence-corrected chi connectivity index (χ2v) is 3.66. The minimum atomic E-state index is 0.0929. The quantitative estimate of drug-likeness (QED) is 0.625. The van der Waals surface area contributed by atoms with E-state index >= 15 is 0 Å². The van der Waals surface area contributed by atoms with Crippen LogP contribution in [0, 0.1) is 0 Å². The zero-order valence-corrected chi connectivity index (χ0v) is 7.97. The number of hydrogen-bond acceptors (Lipinski definition) is 2. The summed E-state index contributed by atoms with van der Waals surface area (Å²) < 4.78 is 0. The summed E-state index contributed by atoms with van der Waals surface area (Å²) in [5, 5.41) is 2.97. The molecule has 0 aromatic heterocycles. The molecular formula is C9H18N2O. The highest BCUT2D eigenvalue weighted by Crippen LogP contribution is 2.08. The van der Waals surface area contributed by atoms with Crippen LogP contribution in [-0.2, 0) is 4.79 Å². The van der Waals surface area contributed by atoms with Gasteiger partial charge in [-0.3, -0.25) is 4.79 Å². The Labute approximate surface area is 74.1 Å². The molecule has 3 nitrogen and oxygen atoms in total. The Morgan fingerprint density at radius 1 is 1.50 bits per heavy atom. The lowest BCUT2D eigenvalue weighted by atomic mass is 10.1. The summed E-state index contributed by atoms with van der Waals surface area (Å²) in [6, 6.07) is 0.370. The van der Waals surface area contributed by atoms with E-state index in [9.17, 15) is 4.79 Å². The van der Waals surface area contributed by atoms with E-state index in [-0.39, 0.29) is 5.91 Å². The number of amides is 1. The molecule has 1 N–H and O–H groups in total. The number of likely N-dealkylation sites (N-methyl/N-ethyl adjacent to an activating group) is 1. The van der Waals surface area contributed by atoms with Crippen molar-refractivity contribution in [2.24, 2.45) is 0 Å². The maximum atomic E-state index is 10.8. The summed E-state index contributed by atoms with van der Waals surface area (Å²) in [6.45, 7) is 3.75. The number of nitrogens with one attached hydrogen (secondary N) is 1. The van der Waals surface area contributed by atoms with Gasteiger partial charge in [0.2, 0.25) is 5.91 Å². The van der Waals surface area contributed by atoms with Crippen LogP contribution >= 0.6 is 0 Å².